The van der Waals surface area contributed by atoms with Crippen molar-refractivity contribution in [3.63, 3.8) is 0 Å². The Morgan fingerprint density at radius 1 is 1.41 bits per heavy atom. The maximum absolute atomic E-state index is 11.9. The molecule has 0 spiro atoms. The molecule has 0 saturated carbocycles. The van der Waals surface area contributed by atoms with Crippen molar-refractivity contribution < 1.29 is 4.42 Å². The van der Waals surface area contributed by atoms with Gasteiger partial charge in [-0.1, -0.05) is 18.7 Å². The Labute approximate surface area is 101 Å². The molecule has 0 radical (unpaired) electrons. The lowest BCUT2D eigenvalue weighted by Crippen LogP contribution is -2.16. The van der Waals surface area contributed by atoms with Gasteiger partial charge in [0.2, 0.25) is 5.71 Å². The summed E-state index contributed by atoms with van der Waals surface area (Å²) < 4.78 is 5.06. The van der Waals surface area contributed by atoms with E-state index in [1.165, 1.54) is 11.8 Å². The monoisotopic (exact) mass is 252 g/mol. The van der Waals surface area contributed by atoms with Gasteiger partial charge in [0, 0.05) is 5.56 Å². The van der Waals surface area contributed by atoms with E-state index in [9.17, 15) is 9.59 Å². The Bertz CT molecular complexity index is 687. The number of thioether (sulfide) groups is 1. The number of hydrogen-bond donors (Lipinski definition) is 1. The second kappa shape index (κ2) is 4.37. The van der Waals surface area contributed by atoms with Gasteiger partial charge in [0.25, 0.3) is 5.56 Å². The summed E-state index contributed by atoms with van der Waals surface area (Å²) in [5, 5.41) is 0.818. The van der Waals surface area contributed by atoms with Crippen molar-refractivity contribution in [2.45, 2.75) is 25.4 Å². The molecule has 0 aliphatic carbocycles. The molecule has 1 N–H and O–H groups in total. The van der Waals surface area contributed by atoms with Gasteiger partial charge in [0.1, 0.15) is 5.39 Å². The van der Waals surface area contributed by atoms with E-state index in [1.54, 1.807) is 13.2 Å². The van der Waals surface area contributed by atoms with Crippen LogP contribution in [0.4, 0.5) is 0 Å². The second-order valence-electron chi connectivity index (χ2n) is 3.60. The van der Waals surface area contributed by atoms with Crippen molar-refractivity contribution in [1.29, 1.82) is 0 Å². The van der Waals surface area contributed by atoms with Gasteiger partial charge in [-0.25, -0.2) is 4.79 Å². The van der Waals surface area contributed by atoms with Gasteiger partial charge in [-0.05, 0) is 25.2 Å². The molecule has 0 bridgehead atoms. The summed E-state index contributed by atoms with van der Waals surface area (Å²) in [6.07, 6.45) is 2.38. The third kappa shape index (κ3) is 1.88. The molecular formula is C11H12N2O3S. The number of aromatic nitrogens is 2. The van der Waals surface area contributed by atoms with E-state index in [0.717, 1.165) is 0 Å². The Morgan fingerprint density at radius 2 is 2.12 bits per heavy atom. The van der Waals surface area contributed by atoms with Gasteiger partial charge in [0.15, 0.2) is 5.16 Å². The Kier molecular flexibility index (Phi) is 3.06. The van der Waals surface area contributed by atoms with Crippen LogP contribution in [-0.2, 0) is 6.42 Å². The molecule has 0 fully saturated rings. The van der Waals surface area contributed by atoms with Crippen molar-refractivity contribution in [3.8, 4) is 0 Å². The SMILES string of the molecule is CCc1c(C)c(=O)oc2nc(SC)[nH]c(=O)c12. The second-order valence-corrected chi connectivity index (χ2v) is 4.40. The highest BCUT2D eigenvalue weighted by Crippen LogP contribution is 2.17. The number of hydrogen-bond acceptors (Lipinski definition) is 5. The molecular weight excluding hydrogens is 240 g/mol. The average Bonchev–Trinajstić information content (AvgIpc) is 2.31. The van der Waals surface area contributed by atoms with E-state index in [0.29, 0.717) is 28.1 Å². The topological polar surface area (TPSA) is 76.0 Å². The van der Waals surface area contributed by atoms with Crippen LogP contribution in [0.2, 0.25) is 0 Å². The van der Waals surface area contributed by atoms with Crippen LogP contribution >= 0.6 is 11.8 Å². The lowest BCUT2D eigenvalue weighted by Gasteiger charge is -2.05. The molecule has 0 saturated heterocycles. The molecule has 6 heteroatoms. The van der Waals surface area contributed by atoms with Gasteiger partial charge < -0.3 is 9.40 Å². The largest absolute Gasteiger partial charge is 0.403 e. The van der Waals surface area contributed by atoms with Crippen LogP contribution in [0.1, 0.15) is 18.1 Å². The van der Waals surface area contributed by atoms with Crippen molar-refractivity contribution in [2.75, 3.05) is 6.26 Å². The van der Waals surface area contributed by atoms with Gasteiger partial charge in [-0.2, -0.15) is 4.98 Å². The molecule has 5 nitrogen and oxygen atoms in total. The average molecular weight is 252 g/mol. The number of H-pyrrole nitrogens is 1. The molecule has 90 valence electrons. The smallest absolute Gasteiger partial charge is 0.340 e. The van der Waals surface area contributed by atoms with E-state index in [-0.39, 0.29) is 11.3 Å². The number of nitrogens with zero attached hydrogens (tertiary/aromatic N) is 1. The fourth-order valence-corrected chi connectivity index (χ4v) is 2.16. The maximum atomic E-state index is 11.9. The first-order valence-corrected chi connectivity index (χ1v) is 6.41. The molecule has 2 aromatic rings. The molecule has 0 aromatic carbocycles. The number of aromatic amines is 1. The first kappa shape index (κ1) is 11.9. The predicted octanol–water partition coefficient (Wildman–Crippen LogP) is 1.47. The number of fused-ring (bicyclic) bond motifs is 1. The molecule has 2 heterocycles. The number of nitrogens with one attached hydrogen (secondary N) is 1. The first-order valence-electron chi connectivity index (χ1n) is 5.19. The van der Waals surface area contributed by atoms with Crippen LogP contribution in [0.5, 0.6) is 0 Å². The molecule has 2 rings (SSSR count). The van der Waals surface area contributed by atoms with E-state index in [1.807, 2.05) is 6.92 Å². The summed E-state index contributed by atoms with van der Waals surface area (Å²) in [5.41, 5.74) is 0.606. The van der Waals surface area contributed by atoms with Crippen molar-refractivity contribution >= 4 is 22.9 Å². The van der Waals surface area contributed by atoms with Crippen LogP contribution < -0.4 is 11.2 Å². The Hall–Kier alpha value is -1.56. The van der Waals surface area contributed by atoms with Gasteiger partial charge in [-0.3, -0.25) is 4.79 Å². The summed E-state index contributed by atoms with van der Waals surface area (Å²) in [5.74, 6) is 0. The molecule has 0 aliphatic rings. The number of aryl methyl sites for hydroxylation is 1. The zero-order valence-electron chi connectivity index (χ0n) is 9.79. The predicted molar refractivity (Wildman–Crippen MR) is 66.8 cm³/mol. The zero-order chi connectivity index (χ0) is 12.6. The van der Waals surface area contributed by atoms with Gasteiger partial charge in [0.05, 0.1) is 0 Å². The van der Waals surface area contributed by atoms with E-state index in [2.05, 4.69) is 9.97 Å². The van der Waals surface area contributed by atoms with Crippen molar-refractivity contribution in [2.24, 2.45) is 0 Å². The normalized spacial score (nSPS) is 11.0. The van der Waals surface area contributed by atoms with E-state index < -0.39 is 5.63 Å². The standard InChI is InChI=1S/C11H12N2O3S/c1-4-6-5(2)10(15)16-9-7(6)8(14)12-11(13-9)17-3/h4H2,1-3H3,(H,12,13,14). The maximum Gasteiger partial charge on any atom is 0.340 e. The lowest BCUT2D eigenvalue weighted by atomic mass is 10.1. The number of rotatable bonds is 2. The summed E-state index contributed by atoms with van der Waals surface area (Å²) >= 11 is 1.29. The Morgan fingerprint density at radius 3 is 2.71 bits per heavy atom. The summed E-state index contributed by atoms with van der Waals surface area (Å²) in [4.78, 5) is 30.3. The minimum Gasteiger partial charge on any atom is -0.403 e. The van der Waals surface area contributed by atoms with Gasteiger partial charge in [-0.15, -0.1) is 0 Å². The highest BCUT2D eigenvalue weighted by Gasteiger charge is 2.14. The third-order valence-corrected chi connectivity index (χ3v) is 3.24. The van der Waals surface area contributed by atoms with E-state index >= 15 is 0 Å². The molecule has 0 unspecified atom stereocenters. The van der Waals surface area contributed by atoms with Crippen LogP contribution in [0.25, 0.3) is 11.1 Å². The third-order valence-electron chi connectivity index (χ3n) is 2.66. The van der Waals surface area contributed by atoms with Crippen molar-refractivity contribution in [3.05, 3.63) is 31.9 Å². The quantitative estimate of drug-likeness (QED) is 0.647. The lowest BCUT2D eigenvalue weighted by molar-refractivity contribution is 0.535. The summed E-state index contributed by atoms with van der Waals surface area (Å²) in [6, 6.07) is 0. The summed E-state index contributed by atoms with van der Waals surface area (Å²) in [6.45, 7) is 3.55. The van der Waals surface area contributed by atoms with Crippen molar-refractivity contribution in [1.82, 2.24) is 9.97 Å². The highest BCUT2D eigenvalue weighted by atomic mass is 32.2. The first-order chi connectivity index (χ1) is 8.08. The van der Waals surface area contributed by atoms with Crippen LogP contribution in [-0.4, -0.2) is 16.2 Å². The van der Waals surface area contributed by atoms with Crippen LogP contribution in [0.3, 0.4) is 0 Å². The Balaban J connectivity index is 3.00. The fourth-order valence-electron chi connectivity index (χ4n) is 1.79. The van der Waals surface area contributed by atoms with Crippen LogP contribution in [0.15, 0.2) is 19.2 Å². The molecule has 0 amide bonds. The fraction of sp³-hybridized carbons (Fsp3) is 0.364. The minimum atomic E-state index is -0.431. The minimum absolute atomic E-state index is 0.116. The van der Waals surface area contributed by atoms with Crippen LogP contribution in [0, 0.1) is 6.92 Å². The highest BCUT2D eigenvalue weighted by molar-refractivity contribution is 7.98. The summed E-state index contributed by atoms with van der Waals surface area (Å²) in [7, 11) is 0. The molecule has 0 aliphatic heterocycles. The zero-order valence-corrected chi connectivity index (χ0v) is 10.6. The molecule has 2 aromatic heterocycles. The van der Waals surface area contributed by atoms with E-state index in [4.69, 9.17) is 4.42 Å². The molecule has 17 heavy (non-hydrogen) atoms. The van der Waals surface area contributed by atoms with Gasteiger partial charge >= 0.3 is 5.63 Å². The molecule has 0 atom stereocenters.